The van der Waals surface area contributed by atoms with Gasteiger partial charge >= 0.3 is 0 Å². The van der Waals surface area contributed by atoms with E-state index in [2.05, 4.69) is 51.6 Å². The zero-order chi connectivity index (χ0) is 60.7. The van der Waals surface area contributed by atoms with E-state index in [1.54, 1.807) is 34.8 Å². The summed E-state index contributed by atoms with van der Waals surface area (Å²) in [5.41, 5.74) is 4.21. The Morgan fingerprint density at radius 1 is 0.534 bits per heavy atom. The first-order chi connectivity index (χ1) is 43.1. The van der Waals surface area contributed by atoms with E-state index < -0.39 is 23.2 Å². The number of aliphatic hydroxyl groups is 1. The number of aliphatic hydroxyl groups excluding tert-OH is 1. The number of nitrogens with one attached hydrogen (secondary N) is 4. The molecule has 88 heavy (non-hydrogen) atoms. The highest BCUT2D eigenvalue weighted by Gasteiger charge is 2.43. The molecule has 4 aromatic carbocycles. The molecule has 2 saturated carbocycles. The van der Waals surface area contributed by atoms with E-state index in [9.17, 15) is 29.1 Å². The lowest BCUT2D eigenvalue weighted by atomic mass is 9.80. The van der Waals surface area contributed by atoms with Crippen LogP contribution in [0.2, 0.25) is 0 Å². The summed E-state index contributed by atoms with van der Waals surface area (Å²) in [6.45, 7) is 11.3. The average molecular weight is 1230 g/mol. The molecule has 18 nitrogen and oxygen atoms in total. The van der Waals surface area contributed by atoms with Crippen LogP contribution in [0.5, 0.6) is 0 Å². The molecular formula is C68H84N10O8S2. The van der Waals surface area contributed by atoms with Crippen LogP contribution in [0.1, 0.15) is 134 Å². The summed E-state index contributed by atoms with van der Waals surface area (Å²) in [6, 6.07) is 33.5. The number of anilines is 2. The summed E-state index contributed by atoms with van der Waals surface area (Å²) < 4.78 is 11.0. The molecule has 20 heteroatoms. The fraction of sp³-hybridized carbons (Fsp3) is 0.485. The number of carbonyl (C=O) groups is 5. The lowest BCUT2D eigenvalue weighted by Gasteiger charge is -2.40. The number of thiazole rings is 2. The molecule has 466 valence electrons. The molecule has 0 bridgehead atoms. The maximum Gasteiger partial charge on any atom is 0.252 e. The Labute approximate surface area is 524 Å². The van der Waals surface area contributed by atoms with Crippen LogP contribution in [0.25, 0.3) is 22.5 Å². The molecule has 6 heterocycles. The predicted octanol–water partition coefficient (Wildman–Crippen LogP) is 8.99. The maximum absolute atomic E-state index is 13.6. The number of hydrogen-bond acceptors (Lipinski definition) is 16. The molecule has 0 spiro atoms. The lowest BCUT2D eigenvalue weighted by molar-refractivity contribution is -0.131. The van der Waals surface area contributed by atoms with Gasteiger partial charge in [-0.1, -0.05) is 123 Å². The molecule has 4 amide bonds. The number of aromatic nitrogens is 2. The Morgan fingerprint density at radius 2 is 0.932 bits per heavy atom. The predicted molar refractivity (Wildman–Crippen MR) is 345 cm³/mol. The maximum atomic E-state index is 13.6. The van der Waals surface area contributed by atoms with Gasteiger partial charge in [0, 0.05) is 97.5 Å². The van der Waals surface area contributed by atoms with Gasteiger partial charge in [0.2, 0.25) is 11.8 Å². The minimum absolute atomic E-state index is 0.216. The molecule has 5 N–H and O–H groups in total. The van der Waals surface area contributed by atoms with Gasteiger partial charge < -0.3 is 50.4 Å². The summed E-state index contributed by atoms with van der Waals surface area (Å²) >= 11 is 3.33. The van der Waals surface area contributed by atoms with E-state index in [1.165, 1.54) is 0 Å². The highest BCUT2D eigenvalue weighted by atomic mass is 32.1. The molecule has 6 aliphatic rings. The van der Waals surface area contributed by atoms with Crippen LogP contribution in [0.3, 0.4) is 0 Å². The Morgan fingerprint density at radius 3 is 1.33 bits per heavy atom. The van der Waals surface area contributed by atoms with Crippen molar-refractivity contribution in [1.82, 2.24) is 41.0 Å². The smallest absolute Gasteiger partial charge is 0.252 e. The third-order valence-corrected chi connectivity index (χ3v) is 20.5. The fourth-order valence-electron chi connectivity index (χ4n) is 13.5. The van der Waals surface area contributed by atoms with E-state index >= 15 is 0 Å². The van der Waals surface area contributed by atoms with E-state index in [1.807, 2.05) is 97.1 Å². The number of hydrogen-bond donors (Lipinski definition) is 5. The Hall–Kier alpha value is -6.91. The summed E-state index contributed by atoms with van der Waals surface area (Å²) in [5.74, 6) is -1.12. The molecule has 0 unspecified atom stereocenters. The topological polar surface area (TPSA) is 211 Å². The highest BCUT2D eigenvalue weighted by molar-refractivity contribution is 7.14. The van der Waals surface area contributed by atoms with Gasteiger partial charge in [0.25, 0.3) is 11.8 Å². The number of aldehydes is 1. The molecule has 2 aromatic heterocycles. The van der Waals surface area contributed by atoms with Gasteiger partial charge in [-0.2, -0.15) is 0 Å². The van der Waals surface area contributed by atoms with Crippen molar-refractivity contribution >= 4 is 62.9 Å². The van der Waals surface area contributed by atoms with Gasteiger partial charge in [-0.3, -0.25) is 29.0 Å². The summed E-state index contributed by atoms with van der Waals surface area (Å²) in [5, 5.41) is 28.3. The standard InChI is InChI=1S/C34H43N5O4S.C34H41N5O4S/c2*40-23-29(25-7-3-1-4-8-25)35-32(42)34(15-5-2-6-16-34)37-31(41)27-11-9-26(10-12-27)30-24-44-33(36-30)39-17-13-28(14-18-39)38-19-21-43-22-20-38/h1,3-4,7-12,24,28-29,40H,2,5-6,13-23H2,(H,35,42)(H,37,41);1,3-4,7-12,23-24,28-29H,2,5-6,13-22H2,(H,35,42)(H,37,41)/t2*29-/m11/s1. The molecule has 4 aliphatic heterocycles. The van der Waals surface area contributed by atoms with Gasteiger partial charge in [-0.25, -0.2) is 9.97 Å². The summed E-state index contributed by atoms with van der Waals surface area (Å²) in [7, 11) is 0. The quantitative estimate of drug-likeness (QED) is 0.0509. The third-order valence-electron chi connectivity index (χ3n) is 18.7. The number of morpholine rings is 2. The molecule has 0 radical (unpaired) electrons. The minimum Gasteiger partial charge on any atom is -0.394 e. The zero-order valence-electron chi connectivity index (χ0n) is 50.3. The SMILES string of the molecule is O=C(NC1(C(=O)N[C@H](CO)c2ccccc2)CCCCC1)c1ccc(-c2csc(N3CCC(N4CCOCC4)CC3)n2)cc1.O=C[C@@H](NC(=O)C1(NC(=O)c2ccc(-c3csc(N4CCC(N5CCOCC5)CC4)n3)cc2)CCCCC1)c1ccccc1. The zero-order valence-corrected chi connectivity index (χ0v) is 52.0. The molecule has 12 rings (SSSR count). The fourth-order valence-corrected chi connectivity index (χ4v) is 15.2. The summed E-state index contributed by atoms with van der Waals surface area (Å²) in [4.78, 5) is 85.8. The number of rotatable bonds is 18. The average Bonchev–Trinajstić information content (AvgIpc) is 3.26. The minimum atomic E-state index is -1.05. The van der Waals surface area contributed by atoms with Crippen molar-refractivity contribution in [2.75, 3.05) is 95.2 Å². The van der Waals surface area contributed by atoms with Crippen LogP contribution < -0.4 is 31.1 Å². The lowest BCUT2D eigenvalue weighted by Crippen LogP contribution is -2.60. The first-order valence-corrected chi connectivity index (χ1v) is 33.5. The number of nitrogens with zero attached hydrogens (tertiary/aromatic N) is 6. The van der Waals surface area contributed by atoms with Gasteiger partial charge in [0.15, 0.2) is 10.3 Å². The number of carbonyl (C=O) groups excluding carboxylic acids is 5. The largest absolute Gasteiger partial charge is 0.394 e. The Bertz CT molecular complexity index is 3220. The number of piperidine rings is 2. The van der Waals surface area contributed by atoms with Crippen LogP contribution in [0.15, 0.2) is 120 Å². The first-order valence-electron chi connectivity index (χ1n) is 31.8. The van der Waals surface area contributed by atoms with Crippen molar-refractivity contribution in [1.29, 1.82) is 0 Å². The molecule has 4 saturated heterocycles. The number of benzene rings is 4. The van der Waals surface area contributed by atoms with Crippen molar-refractivity contribution in [2.24, 2.45) is 0 Å². The van der Waals surface area contributed by atoms with E-state index in [4.69, 9.17) is 19.4 Å². The van der Waals surface area contributed by atoms with Crippen molar-refractivity contribution in [3.63, 3.8) is 0 Å². The second kappa shape index (κ2) is 30.1. The van der Waals surface area contributed by atoms with Crippen molar-refractivity contribution < 1.29 is 38.6 Å². The molecule has 2 atom stereocenters. The normalized spacial score (nSPS) is 20.1. The second-order valence-corrected chi connectivity index (χ2v) is 25.9. The number of amides is 4. The molecule has 6 fully saturated rings. The van der Waals surface area contributed by atoms with Crippen LogP contribution in [-0.4, -0.2) is 163 Å². The van der Waals surface area contributed by atoms with Crippen molar-refractivity contribution in [3.05, 3.63) is 142 Å². The molecular weight excluding hydrogens is 1150 g/mol. The van der Waals surface area contributed by atoms with Crippen LogP contribution in [0, 0.1) is 0 Å². The van der Waals surface area contributed by atoms with Gasteiger partial charge in [-0.05, 0) is 86.8 Å². The Balaban J connectivity index is 0.000000182. The van der Waals surface area contributed by atoms with Crippen LogP contribution in [-0.2, 0) is 23.9 Å². The molecule has 6 aromatic rings. The van der Waals surface area contributed by atoms with Gasteiger partial charge in [-0.15, -0.1) is 22.7 Å². The first kappa shape index (κ1) is 62.7. The van der Waals surface area contributed by atoms with E-state index in [0.29, 0.717) is 54.5 Å². The highest BCUT2D eigenvalue weighted by Crippen LogP contribution is 2.35. The van der Waals surface area contributed by atoms with Gasteiger partial charge in [0.05, 0.1) is 50.5 Å². The number of ether oxygens (including phenoxy) is 2. The van der Waals surface area contributed by atoms with Crippen molar-refractivity contribution in [2.45, 2.75) is 125 Å². The van der Waals surface area contributed by atoms with Crippen LogP contribution >= 0.6 is 22.7 Å². The molecule has 2 aliphatic carbocycles. The Kier molecular flexibility index (Phi) is 21.4. The monoisotopic (exact) mass is 1230 g/mol. The van der Waals surface area contributed by atoms with E-state index in [0.717, 1.165) is 188 Å². The van der Waals surface area contributed by atoms with Gasteiger partial charge in [0.1, 0.15) is 23.4 Å². The van der Waals surface area contributed by atoms with Crippen LogP contribution in [0.4, 0.5) is 10.3 Å². The van der Waals surface area contributed by atoms with E-state index in [-0.39, 0.29) is 30.2 Å². The summed E-state index contributed by atoms with van der Waals surface area (Å²) in [6.07, 6.45) is 12.9. The third kappa shape index (κ3) is 15.4. The van der Waals surface area contributed by atoms with Crippen molar-refractivity contribution in [3.8, 4) is 22.5 Å². The second-order valence-electron chi connectivity index (χ2n) is 24.2.